The number of rotatable bonds is 5. The zero-order valence-electron chi connectivity index (χ0n) is 14.6. The molecule has 0 spiro atoms. The molecule has 0 saturated carbocycles. The Kier molecular flexibility index (Phi) is 5.00. The van der Waals surface area contributed by atoms with Crippen LogP contribution in [0, 0.1) is 6.92 Å². The molecule has 3 heteroatoms. The summed E-state index contributed by atoms with van der Waals surface area (Å²) in [5.41, 5.74) is 2.77. The van der Waals surface area contributed by atoms with Crippen LogP contribution in [0.2, 0.25) is 0 Å². The third kappa shape index (κ3) is 4.04. The summed E-state index contributed by atoms with van der Waals surface area (Å²) in [6.45, 7) is 5.14. The van der Waals surface area contributed by atoms with E-state index in [0.717, 1.165) is 35.2 Å². The van der Waals surface area contributed by atoms with Gasteiger partial charge in [-0.15, -0.1) is 0 Å². The van der Waals surface area contributed by atoms with Crippen molar-refractivity contribution in [3.8, 4) is 0 Å². The summed E-state index contributed by atoms with van der Waals surface area (Å²) in [7, 11) is 2.27. The summed E-state index contributed by atoms with van der Waals surface area (Å²) in [6.07, 6.45) is 2.30. The highest BCUT2D eigenvalue weighted by Gasteiger charge is 2.33. The first-order chi connectivity index (χ1) is 11.6. The molecule has 2 aromatic carbocycles. The highest BCUT2D eigenvalue weighted by molar-refractivity contribution is 5.89. The summed E-state index contributed by atoms with van der Waals surface area (Å²) >= 11 is 0. The third-order valence-corrected chi connectivity index (χ3v) is 4.93. The van der Waals surface area contributed by atoms with Crippen molar-refractivity contribution in [2.75, 3.05) is 26.7 Å². The smallest absolute Gasteiger partial charge is 0.338 e. The van der Waals surface area contributed by atoms with E-state index in [-0.39, 0.29) is 12.1 Å². The SMILES string of the molecule is Cc1cccc(C(=O)OC(C[N+]2(C)CCCC2)c2ccccc2)c1. The average molecular weight is 324 g/mol. The number of benzene rings is 2. The fraction of sp³-hybridized carbons (Fsp3) is 0.381. The average Bonchev–Trinajstić information content (AvgIpc) is 3.01. The van der Waals surface area contributed by atoms with Crippen molar-refractivity contribution >= 4 is 5.97 Å². The highest BCUT2D eigenvalue weighted by atomic mass is 16.5. The maximum Gasteiger partial charge on any atom is 0.338 e. The lowest BCUT2D eigenvalue weighted by atomic mass is 10.1. The number of esters is 1. The molecule has 0 aliphatic carbocycles. The van der Waals surface area contributed by atoms with Crippen molar-refractivity contribution in [3.05, 3.63) is 71.3 Å². The van der Waals surface area contributed by atoms with Gasteiger partial charge in [-0.25, -0.2) is 4.79 Å². The Morgan fingerprint density at radius 3 is 2.46 bits per heavy atom. The molecule has 3 nitrogen and oxygen atoms in total. The Balaban J connectivity index is 1.80. The molecular formula is C21H26NO2+. The lowest BCUT2D eigenvalue weighted by Crippen LogP contribution is -2.44. The molecule has 2 aromatic rings. The molecule has 0 aromatic heterocycles. The maximum absolute atomic E-state index is 12.6. The predicted molar refractivity (Wildman–Crippen MR) is 95.8 cm³/mol. The lowest BCUT2D eigenvalue weighted by Gasteiger charge is -2.33. The Morgan fingerprint density at radius 2 is 1.79 bits per heavy atom. The molecular weight excluding hydrogens is 298 g/mol. The van der Waals surface area contributed by atoms with Crippen molar-refractivity contribution in [1.82, 2.24) is 0 Å². The summed E-state index contributed by atoms with van der Waals surface area (Å²) < 4.78 is 6.92. The molecule has 1 aliphatic rings. The zero-order chi connectivity index (χ0) is 17.0. The van der Waals surface area contributed by atoms with Crippen LogP contribution in [0.4, 0.5) is 0 Å². The molecule has 0 radical (unpaired) electrons. The van der Waals surface area contributed by atoms with E-state index in [1.165, 1.54) is 12.8 Å². The summed E-state index contributed by atoms with van der Waals surface area (Å²) in [5, 5.41) is 0. The first-order valence-corrected chi connectivity index (χ1v) is 8.72. The van der Waals surface area contributed by atoms with E-state index in [2.05, 4.69) is 19.2 Å². The Hall–Kier alpha value is -2.13. The van der Waals surface area contributed by atoms with Crippen LogP contribution in [-0.2, 0) is 4.74 Å². The number of hydrogen-bond acceptors (Lipinski definition) is 2. The molecule has 126 valence electrons. The number of aryl methyl sites for hydroxylation is 1. The minimum Gasteiger partial charge on any atom is -0.448 e. The van der Waals surface area contributed by atoms with E-state index in [1.54, 1.807) is 0 Å². The van der Waals surface area contributed by atoms with Gasteiger partial charge in [0.15, 0.2) is 6.10 Å². The van der Waals surface area contributed by atoms with Gasteiger partial charge in [0.05, 0.1) is 25.7 Å². The third-order valence-electron chi connectivity index (χ3n) is 4.93. The van der Waals surface area contributed by atoms with Gasteiger partial charge in [-0.05, 0) is 24.6 Å². The number of likely N-dealkylation sites (tertiary alicyclic amines) is 1. The van der Waals surface area contributed by atoms with Gasteiger partial charge in [0, 0.05) is 12.8 Å². The number of carbonyl (C=O) groups excluding carboxylic acids is 1. The van der Waals surface area contributed by atoms with Gasteiger partial charge in [-0.2, -0.15) is 0 Å². The van der Waals surface area contributed by atoms with E-state index in [0.29, 0.717) is 5.56 Å². The molecule has 1 saturated heterocycles. The molecule has 1 heterocycles. The number of nitrogens with zero attached hydrogens (tertiary/aromatic N) is 1. The number of carbonyl (C=O) groups is 1. The van der Waals surface area contributed by atoms with Gasteiger partial charge in [-0.1, -0.05) is 48.0 Å². The van der Waals surface area contributed by atoms with Crippen LogP contribution in [0.5, 0.6) is 0 Å². The van der Waals surface area contributed by atoms with Crippen molar-refractivity contribution in [2.24, 2.45) is 0 Å². The van der Waals surface area contributed by atoms with Gasteiger partial charge >= 0.3 is 5.97 Å². The van der Waals surface area contributed by atoms with Gasteiger partial charge in [-0.3, -0.25) is 0 Å². The maximum atomic E-state index is 12.6. The quantitative estimate of drug-likeness (QED) is 0.610. The highest BCUT2D eigenvalue weighted by Crippen LogP contribution is 2.26. The second kappa shape index (κ2) is 7.18. The van der Waals surface area contributed by atoms with Crippen molar-refractivity contribution in [1.29, 1.82) is 0 Å². The number of ether oxygens (including phenoxy) is 1. The van der Waals surface area contributed by atoms with Crippen molar-refractivity contribution in [3.63, 3.8) is 0 Å². The summed E-state index contributed by atoms with van der Waals surface area (Å²) in [6, 6.07) is 17.7. The van der Waals surface area contributed by atoms with Crippen LogP contribution >= 0.6 is 0 Å². The van der Waals surface area contributed by atoms with E-state index in [4.69, 9.17) is 4.74 Å². The van der Waals surface area contributed by atoms with Gasteiger partial charge in [0.25, 0.3) is 0 Å². The molecule has 0 bridgehead atoms. The zero-order valence-corrected chi connectivity index (χ0v) is 14.6. The molecule has 1 atom stereocenters. The normalized spacial score (nSPS) is 17.4. The standard InChI is InChI=1S/C21H26NO2/c1-17-9-8-12-19(15-17)21(23)24-20(18-10-4-3-5-11-18)16-22(2)13-6-7-14-22/h3-5,8-12,15,20H,6-7,13-14,16H2,1-2H3/q+1. The van der Waals surface area contributed by atoms with Crippen molar-refractivity contribution < 1.29 is 14.0 Å². The summed E-state index contributed by atoms with van der Waals surface area (Å²) in [5.74, 6) is -0.238. The van der Waals surface area contributed by atoms with Gasteiger partial charge < -0.3 is 9.22 Å². The Bertz CT molecular complexity index is 690. The molecule has 24 heavy (non-hydrogen) atoms. The van der Waals surface area contributed by atoms with E-state index in [1.807, 2.05) is 49.4 Å². The lowest BCUT2D eigenvalue weighted by molar-refractivity contribution is -0.901. The number of hydrogen-bond donors (Lipinski definition) is 0. The molecule has 0 N–H and O–H groups in total. The minimum atomic E-state index is -0.238. The number of likely N-dealkylation sites (N-methyl/N-ethyl adjacent to an activating group) is 1. The van der Waals surface area contributed by atoms with E-state index in [9.17, 15) is 4.79 Å². The van der Waals surface area contributed by atoms with Crippen molar-refractivity contribution in [2.45, 2.75) is 25.9 Å². The fourth-order valence-corrected chi connectivity index (χ4v) is 3.53. The first kappa shape index (κ1) is 16.7. The van der Waals surface area contributed by atoms with Crippen LogP contribution in [0.1, 0.15) is 40.4 Å². The van der Waals surface area contributed by atoms with Crippen LogP contribution < -0.4 is 0 Å². The van der Waals surface area contributed by atoms with Crippen LogP contribution in [0.15, 0.2) is 54.6 Å². The first-order valence-electron chi connectivity index (χ1n) is 8.72. The minimum absolute atomic E-state index is 0.206. The number of quaternary nitrogens is 1. The molecule has 1 fully saturated rings. The molecule has 1 aliphatic heterocycles. The topological polar surface area (TPSA) is 26.3 Å². The summed E-state index contributed by atoms with van der Waals surface area (Å²) in [4.78, 5) is 12.6. The van der Waals surface area contributed by atoms with Crippen LogP contribution in [0.3, 0.4) is 0 Å². The molecule has 3 rings (SSSR count). The molecule has 1 unspecified atom stereocenters. The Labute approximate surface area is 144 Å². The van der Waals surface area contributed by atoms with Crippen LogP contribution in [0.25, 0.3) is 0 Å². The predicted octanol–water partition coefficient (Wildman–Crippen LogP) is 4.13. The van der Waals surface area contributed by atoms with E-state index >= 15 is 0 Å². The second-order valence-electron chi connectivity index (χ2n) is 7.13. The monoisotopic (exact) mass is 324 g/mol. The van der Waals surface area contributed by atoms with Gasteiger partial charge in [0.1, 0.15) is 6.54 Å². The Morgan fingerprint density at radius 1 is 1.08 bits per heavy atom. The second-order valence-corrected chi connectivity index (χ2v) is 7.13. The molecule has 0 amide bonds. The van der Waals surface area contributed by atoms with Crippen LogP contribution in [-0.4, -0.2) is 37.1 Å². The van der Waals surface area contributed by atoms with E-state index < -0.39 is 0 Å². The largest absolute Gasteiger partial charge is 0.448 e. The van der Waals surface area contributed by atoms with Gasteiger partial charge in [0.2, 0.25) is 0 Å². The fourth-order valence-electron chi connectivity index (χ4n) is 3.53.